The van der Waals surface area contributed by atoms with Gasteiger partial charge in [0.05, 0.1) is 11.9 Å². The van der Waals surface area contributed by atoms with Crippen LogP contribution >= 0.6 is 0 Å². The highest BCUT2D eigenvalue weighted by atomic mass is 32.2. The molecule has 0 saturated carbocycles. The van der Waals surface area contributed by atoms with E-state index in [1.807, 2.05) is 19.1 Å². The molecule has 1 heterocycles. The van der Waals surface area contributed by atoms with Crippen molar-refractivity contribution in [3.05, 3.63) is 36.0 Å². The summed E-state index contributed by atoms with van der Waals surface area (Å²) in [4.78, 5) is -0.0549. The Labute approximate surface area is 98.9 Å². The van der Waals surface area contributed by atoms with E-state index in [9.17, 15) is 8.42 Å². The molecule has 0 bridgehead atoms. The second-order valence-corrected chi connectivity index (χ2v) is 5.22. The van der Waals surface area contributed by atoms with Crippen LogP contribution in [0.4, 0.5) is 11.5 Å². The molecule has 2 rings (SSSR count). The molecule has 0 fully saturated rings. The molecule has 17 heavy (non-hydrogen) atoms. The summed E-state index contributed by atoms with van der Waals surface area (Å²) in [6.07, 6.45) is 1.18. The van der Waals surface area contributed by atoms with Crippen molar-refractivity contribution in [2.75, 3.05) is 10.5 Å². The van der Waals surface area contributed by atoms with Gasteiger partial charge in [-0.3, -0.25) is 9.82 Å². The van der Waals surface area contributed by atoms with E-state index >= 15 is 0 Å². The summed E-state index contributed by atoms with van der Waals surface area (Å²) in [6, 6.07) is 7.09. The Morgan fingerprint density at radius 2 is 2.06 bits per heavy atom. The third-order valence-electron chi connectivity index (χ3n) is 2.31. The molecular weight excluding hydrogens is 240 g/mol. The summed E-state index contributed by atoms with van der Waals surface area (Å²) in [6.45, 7) is 1.82. The fourth-order valence-corrected chi connectivity index (χ4v) is 2.54. The SMILES string of the molecule is Cc1ccccc1NS(=O)(=O)c1cn[nH]c1N. The topological polar surface area (TPSA) is 101 Å². The van der Waals surface area contributed by atoms with E-state index in [0.717, 1.165) is 5.56 Å². The molecule has 4 N–H and O–H groups in total. The van der Waals surface area contributed by atoms with E-state index in [1.165, 1.54) is 6.20 Å². The zero-order chi connectivity index (χ0) is 12.5. The lowest BCUT2D eigenvalue weighted by Crippen LogP contribution is -2.14. The van der Waals surface area contributed by atoms with Crippen molar-refractivity contribution in [2.24, 2.45) is 0 Å². The van der Waals surface area contributed by atoms with E-state index in [2.05, 4.69) is 14.9 Å². The van der Waals surface area contributed by atoms with E-state index < -0.39 is 10.0 Å². The maximum Gasteiger partial charge on any atom is 0.267 e. The number of nitrogens with one attached hydrogen (secondary N) is 2. The Bertz CT molecular complexity index is 633. The van der Waals surface area contributed by atoms with Crippen LogP contribution in [0.25, 0.3) is 0 Å². The molecule has 2 aromatic rings. The first-order valence-corrected chi connectivity index (χ1v) is 6.36. The van der Waals surface area contributed by atoms with Gasteiger partial charge in [0.25, 0.3) is 10.0 Å². The third kappa shape index (κ3) is 2.23. The van der Waals surface area contributed by atoms with E-state index in [4.69, 9.17) is 5.73 Å². The molecule has 0 aliphatic heterocycles. The molecule has 1 aromatic carbocycles. The van der Waals surface area contributed by atoms with Gasteiger partial charge in [0, 0.05) is 0 Å². The second kappa shape index (κ2) is 4.10. The number of nitrogens with two attached hydrogens (primary N) is 1. The largest absolute Gasteiger partial charge is 0.383 e. The lowest BCUT2D eigenvalue weighted by Gasteiger charge is -2.09. The van der Waals surface area contributed by atoms with E-state index in [1.54, 1.807) is 12.1 Å². The van der Waals surface area contributed by atoms with Crippen molar-refractivity contribution >= 4 is 21.5 Å². The van der Waals surface area contributed by atoms with Crippen molar-refractivity contribution < 1.29 is 8.42 Å². The van der Waals surface area contributed by atoms with Crippen molar-refractivity contribution in [1.29, 1.82) is 0 Å². The zero-order valence-corrected chi connectivity index (χ0v) is 9.95. The first-order chi connectivity index (χ1) is 8.00. The fraction of sp³-hybridized carbons (Fsp3) is 0.100. The van der Waals surface area contributed by atoms with Gasteiger partial charge in [0.15, 0.2) is 0 Å². The molecule has 6 nitrogen and oxygen atoms in total. The van der Waals surface area contributed by atoms with Gasteiger partial charge in [-0.25, -0.2) is 8.42 Å². The number of sulfonamides is 1. The van der Waals surface area contributed by atoms with Gasteiger partial charge in [-0.1, -0.05) is 18.2 Å². The maximum atomic E-state index is 12.0. The van der Waals surface area contributed by atoms with Crippen molar-refractivity contribution in [2.45, 2.75) is 11.8 Å². The summed E-state index contributed by atoms with van der Waals surface area (Å²) in [5, 5.41) is 5.97. The van der Waals surface area contributed by atoms with Gasteiger partial charge in [-0.05, 0) is 18.6 Å². The van der Waals surface area contributed by atoms with Crippen LogP contribution in [0, 0.1) is 6.92 Å². The van der Waals surface area contributed by atoms with E-state index in [0.29, 0.717) is 5.69 Å². The van der Waals surface area contributed by atoms with Gasteiger partial charge in [-0.2, -0.15) is 5.10 Å². The first kappa shape index (κ1) is 11.5. The van der Waals surface area contributed by atoms with Crippen LogP contribution in [-0.4, -0.2) is 18.6 Å². The smallest absolute Gasteiger partial charge is 0.267 e. The van der Waals surface area contributed by atoms with Crippen molar-refractivity contribution in [3.63, 3.8) is 0 Å². The van der Waals surface area contributed by atoms with Crippen LogP contribution < -0.4 is 10.5 Å². The number of hydrogen-bond donors (Lipinski definition) is 3. The number of benzene rings is 1. The summed E-state index contributed by atoms with van der Waals surface area (Å²) < 4.78 is 26.4. The third-order valence-corrected chi connectivity index (χ3v) is 3.70. The molecule has 0 aliphatic carbocycles. The number of aromatic amines is 1. The lowest BCUT2D eigenvalue weighted by molar-refractivity contribution is 0.601. The molecule has 0 saturated heterocycles. The predicted molar refractivity (Wildman–Crippen MR) is 65.0 cm³/mol. The number of anilines is 2. The highest BCUT2D eigenvalue weighted by Crippen LogP contribution is 2.21. The molecule has 0 radical (unpaired) electrons. The average Bonchev–Trinajstić information content (AvgIpc) is 2.68. The van der Waals surface area contributed by atoms with Gasteiger partial charge < -0.3 is 5.73 Å². The minimum Gasteiger partial charge on any atom is -0.383 e. The van der Waals surface area contributed by atoms with Crippen molar-refractivity contribution in [3.8, 4) is 0 Å². The number of aromatic nitrogens is 2. The van der Waals surface area contributed by atoms with Crippen LogP contribution in [0.5, 0.6) is 0 Å². The number of rotatable bonds is 3. The summed E-state index contributed by atoms with van der Waals surface area (Å²) in [5.41, 5.74) is 6.83. The minimum atomic E-state index is -3.69. The van der Waals surface area contributed by atoms with E-state index in [-0.39, 0.29) is 10.7 Å². The summed E-state index contributed by atoms with van der Waals surface area (Å²) in [7, 11) is -3.69. The van der Waals surface area contributed by atoms with Gasteiger partial charge in [0.1, 0.15) is 10.7 Å². The van der Waals surface area contributed by atoms with Crippen molar-refractivity contribution in [1.82, 2.24) is 10.2 Å². The number of aryl methyl sites for hydroxylation is 1. The molecule has 0 amide bonds. The average molecular weight is 252 g/mol. The van der Waals surface area contributed by atoms with Crippen LogP contribution in [-0.2, 0) is 10.0 Å². The number of hydrogen-bond acceptors (Lipinski definition) is 4. The summed E-state index contributed by atoms with van der Waals surface area (Å²) in [5.74, 6) is 0.0195. The van der Waals surface area contributed by atoms with Gasteiger partial charge in [0.2, 0.25) is 0 Å². The monoisotopic (exact) mass is 252 g/mol. The molecular formula is C10H12N4O2S. The van der Waals surface area contributed by atoms with Gasteiger partial charge >= 0.3 is 0 Å². The standard InChI is InChI=1S/C10H12N4O2S/c1-7-4-2-3-5-8(7)14-17(15,16)9-6-12-13-10(9)11/h2-6,14H,1H3,(H3,11,12,13). The number of para-hydroxylation sites is 1. The predicted octanol–water partition coefficient (Wildman–Crippen LogP) is 1.10. The van der Waals surface area contributed by atoms with Crippen LogP contribution in [0.15, 0.2) is 35.4 Å². The Hall–Kier alpha value is -2.02. The Kier molecular flexibility index (Phi) is 2.76. The normalized spacial score (nSPS) is 11.4. The molecule has 0 unspecified atom stereocenters. The lowest BCUT2D eigenvalue weighted by atomic mass is 10.2. The first-order valence-electron chi connectivity index (χ1n) is 4.88. The molecule has 90 valence electrons. The maximum absolute atomic E-state index is 12.0. The fourth-order valence-electron chi connectivity index (χ4n) is 1.39. The number of nitrogens with zero attached hydrogens (tertiary/aromatic N) is 1. The molecule has 0 spiro atoms. The molecule has 7 heteroatoms. The Balaban J connectivity index is 2.37. The zero-order valence-electron chi connectivity index (χ0n) is 9.14. The molecule has 0 atom stereocenters. The number of nitrogen functional groups attached to an aromatic ring is 1. The molecule has 1 aromatic heterocycles. The summed E-state index contributed by atoms with van der Waals surface area (Å²) >= 11 is 0. The number of H-pyrrole nitrogens is 1. The highest BCUT2D eigenvalue weighted by molar-refractivity contribution is 7.92. The van der Waals surface area contributed by atoms with Crippen LogP contribution in [0.3, 0.4) is 0 Å². The van der Waals surface area contributed by atoms with Crippen LogP contribution in [0.1, 0.15) is 5.56 Å². The highest BCUT2D eigenvalue weighted by Gasteiger charge is 2.19. The Morgan fingerprint density at radius 1 is 1.35 bits per heavy atom. The van der Waals surface area contributed by atoms with Crippen LogP contribution in [0.2, 0.25) is 0 Å². The quantitative estimate of drug-likeness (QED) is 0.761. The minimum absolute atomic E-state index is 0.0195. The second-order valence-electron chi connectivity index (χ2n) is 3.57. The van der Waals surface area contributed by atoms with Gasteiger partial charge in [-0.15, -0.1) is 0 Å². The molecule has 0 aliphatic rings. The Morgan fingerprint density at radius 3 is 2.65 bits per heavy atom.